The van der Waals surface area contributed by atoms with Crippen molar-refractivity contribution >= 4 is 59.1 Å². The van der Waals surface area contributed by atoms with Gasteiger partial charge in [0.1, 0.15) is 48.5 Å². The summed E-state index contributed by atoms with van der Waals surface area (Å²) in [5.74, 6) is -7.53. The Morgan fingerprint density at radius 2 is 1.18 bits per heavy atom. The van der Waals surface area contributed by atoms with Crippen molar-refractivity contribution in [2.24, 2.45) is 5.92 Å². The van der Waals surface area contributed by atoms with Gasteiger partial charge in [-0.25, -0.2) is 0 Å². The SMILES string of the molecule is CC(C)[C@@H]1NC(=O)[C@H]2CCCCNC(=O)CNC(=O)[C@H](C)NC(=O)[C@H](CCC(=O)N[C@@H](C)C(=O)N[C@@H](Cc3ccccc3)C(=O)NCC(O)N2)NC(=O)[C@@H]2CCCN2C(=O)[C@H](Cc2ccccc2)NC1=O. The number of amides is 10. The minimum absolute atomic E-state index is 0.0103. The van der Waals surface area contributed by atoms with Crippen LogP contribution in [0.4, 0.5) is 0 Å². The second kappa shape index (κ2) is 26.9. The highest BCUT2D eigenvalue weighted by Crippen LogP contribution is 2.21. The summed E-state index contributed by atoms with van der Waals surface area (Å²) < 4.78 is 0. The first-order valence-electron chi connectivity index (χ1n) is 24.4. The van der Waals surface area contributed by atoms with E-state index in [1.807, 2.05) is 0 Å². The van der Waals surface area contributed by atoms with E-state index in [9.17, 15) is 53.1 Å². The fraction of sp³-hybridized carbons (Fsp3) is 0.551. The number of fused-ring (bicyclic) bond motifs is 9. The Hall–Kier alpha value is -6.94. The van der Waals surface area contributed by atoms with Crippen LogP contribution in [0, 0.1) is 5.92 Å². The van der Waals surface area contributed by atoms with Crippen LogP contribution in [0.15, 0.2) is 60.7 Å². The van der Waals surface area contributed by atoms with Gasteiger partial charge in [0.05, 0.1) is 19.1 Å². The molecule has 0 aliphatic carbocycles. The third-order valence-electron chi connectivity index (χ3n) is 12.6. The van der Waals surface area contributed by atoms with Crippen LogP contribution in [0.2, 0.25) is 0 Å². The van der Waals surface area contributed by atoms with Crippen molar-refractivity contribution < 1.29 is 53.1 Å². The normalized spacial score (nSPS) is 28.2. The predicted octanol–water partition coefficient (Wildman–Crippen LogP) is -2.33. The number of aliphatic hydroxyl groups is 1. The summed E-state index contributed by atoms with van der Waals surface area (Å²) in [7, 11) is 0. The van der Waals surface area contributed by atoms with E-state index in [2.05, 4.69) is 53.2 Å². The number of aliphatic hydroxyl groups excluding tert-OH is 1. The summed E-state index contributed by atoms with van der Waals surface area (Å²) >= 11 is 0. The van der Waals surface area contributed by atoms with Crippen LogP contribution in [0.25, 0.3) is 0 Å². The average molecular weight is 988 g/mol. The topological polar surface area (TPSA) is 314 Å². The number of β-amino-alcohol motifs (C(OH)–C–C–N with tert-alkyl or cyclic N) is 1. The molecule has 3 heterocycles. The Bertz CT molecular complexity index is 2220. The molecule has 3 saturated heterocycles. The second-order valence-electron chi connectivity index (χ2n) is 18.6. The molecule has 386 valence electrons. The van der Waals surface area contributed by atoms with Gasteiger partial charge in [-0.15, -0.1) is 0 Å². The van der Waals surface area contributed by atoms with Gasteiger partial charge in [0.2, 0.25) is 59.1 Å². The van der Waals surface area contributed by atoms with Gasteiger partial charge in [0.25, 0.3) is 0 Å². The van der Waals surface area contributed by atoms with E-state index in [0.29, 0.717) is 30.4 Å². The molecule has 2 aromatic carbocycles. The minimum Gasteiger partial charge on any atom is -0.377 e. The molecule has 1 unspecified atom stereocenters. The quantitative estimate of drug-likeness (QED) is 0.150. The highest BCUT2D eigenvalue weighted by Gasteiger charge is 2.41. The molecule has 3 fully saturated rings. The first kappa shape index (κ1) is 55.0. The number of nitrogens with zero attached hydrogens (tertiary/aromatic N) is 1. The Morgan fingerprint density at radius 3 is 1.85 bits per heavy atom. The molecule has 0 saturated carbocycles. The van der Waals surface area contributed by atoms with E-state index in [1.54, 1.807) is 74.5 Å². The number of benzene rings is 2. The van der Waals surface area contributed by atoms with Crippen LogP contribution in [-0.4, -0.2) is 150 Å². The number of hydrogen-bond donors (Lipinski definition) is 11. The van der Waals surface area contributed by atoms with E-state index in [4.69, 9.17) is 0 Å². The van der Waals surface area contributed by atoms with Crippen LogP contribution in [0.5, 0.6) is 0 Å². The summed E-state index contributed by atoms with van der Waals surface area (Å²) in [5.41, 5.74) is 1.37. The van der Waals surface area contributed by atoms with E-state index in [0.717, 1.165) is 0 Å². The van der Waals surface area contributed by atoms with Crippen LogP contribution < -0.4 is 53.2 Å². The third-order valence-corrected chi connectivity index (χ3v) is 12.6. The highest BCUT2D eigenvalue weighted by atomic mass is 16.3. The molecule has 2 aromatic rings. The lowest BCUT2D eigenvalue weighted by Gasteiger charge is -2.32. The molecule has 22 heteroatoms. The van der Waals surface area contributed by atoms with E-state index < -0.39 is 139 Å². The Morgan fingerprint density at radius 1 is 0.563 bits per heavy atom. The largest absolute Gasteiger partial charge is 0.377 e. The van der Waals surface area contributed by atoms with Crippen LogP contribution in [0.3, 0.4) is 0 Å². The molecule has 9 atom stereocenters. The molecular weight excluding hydrogens is 919 g/mol. The van der Waals surface area contributed by atoms with Gasteiger partial charge in [0, 0.05) is 32.4 Å². The molecule has 22 nitrogen and oxygen atoms in total. The Kier molecular flexibility index (Phi) is 20.8. The fourth-order valence-electron chi connectivity index (χ4n) is 8.52. The summed E-state index contributed by atoms with van der Waals surface area (Å²) in [5, 5.41) is 38.0. The smallest absolute Gasteiger partial charge is 0.246 e. The van der Waals surface area contributed by atoms with E-state index >= 15 is 0 Å². The van der Waals surface area contributed by atoms with Crippen LogP contribution in [-0.2, 0) is 60.8 Å². The molecule has 0 spiro atoms. The first-order chi connectivity index (χ1) is 33.9. The Labute approximate surface area is 413 Å². The minimum atomic E-state index is -1.54. The maximum Gasteiger partial charge on any atom is 0.246 e. The fourth-order valence-corrected chi connectivity index (χ4v) is 8.52. The van der Waals surface area contributed by atoms with Crippen molar-refractivity contribution in [3.63, 3.8) is 0 Å². The molecule has 0 aromatic heterocycles. The number of nitrogens with one attached hydrogen (secondary N) is 10. The molecule has 3 aliphatic heterocycles. The average Bonchev–Trinajstić information content (AvgIpc) is 3.84. The zero-order valence-corrected chi connectivity index (χ0v) is 40.7. The molecule has 3 aliphatic rings. The monoisotopic (exact) mass is 988 g/mol. The lowest BCUT2D eigenvalue weighted by Crippen LogP contribution is -2.61. The van der Waals surface area contributed by atoms with Gasteiger partial charge >= 0.3 is 0 Å². The maximum atomic E-state index is 14.7. The molecule has 2 bridgehead atoms. The zero-order chi connectivity index (χ0) is 51.6. The predicted molar refractivity (Wildman–Crippen MR) is 258 cm³/mol. The number of hydrogen-bond acceptors (Lipinski definition) is 12. The summed E-state index contributed by atoms with van der Waals surface area (Å²) in [6, 6.07) is 7.87. The lowest BCUT2D eigenvalue weighted by atomic mass is 9.99. The van der Waals surface area contributed by atoms with Gasteiger partial charge in [-0.2, -0.15) is 0 Å². The second-order valence-corrected chi connectivity index (χ2v) is 18.6. The van der Waals surface area contributed by atoms with E-state index in [-0.39, 0.29) is 45.2 Å². The van der Waals surface area contributed by atoms with Crippen molar-refractivity contribution in [2.75, 3.05) is 26.2 Å². The summed E-state index contributed by atoms with van der Waals surface area (Å²) in [6.07, 6.45) is -0.982. The number of carbonyl (C=O) groups is 10. The standard InChI is InChI=1S/C49H69N11O11/c1-28(2)41-48(70)58-36(25-32-16-9-6-10-17-32)49(71)60-23-13-19-37(60)47(69)56-34-20-21-38(61)53-30(4)43(65)57-35(24-31-14-7-5-8-15-31)44(66)52-27-40(63)55-33(46(68)59-41)18-11-12-22-50-39(62)26-51-42(64)29(3)54-45(34)67/h5-10,14-17,28-30,33-37,40-41,55,63H,11-13,18-27H2,1-4H3,(H,50,62)(H,51,64)(H,52,66)(H,53,61)(H,54,67)(H,56,69)(H,57,65)(H,58,70)(H,59,68)/t29-,30-,33+,34-,35-,36-,37-,40?,41-/m0/s1. The third kappa shape index (κ3) is 16.9. The molecule has 71 heavy (non-hydrogen) atoms. The van der Waals surface area contributed by atoms with Crippen molar-refractivity contribution in [1.29, 1.82) is 0 Å². The first-order valence-corrected chi connectivity index (χ1v) is 24.4. The van der Waals surface area contributed by atoms with Gasteiger partial charge in [-0.05, 0) is 69.4 Å². The summed E-state index contributed by atoms with van der Waals surface area (Å²) in [6.45, 7) is 5.53. The summed E-state index contributed by atoms with van der Waals surface area (Å²) in [4.78, 5) is 140. The Balaban J connectivity index is 1.56. The molecule has 10 amide bonds. The molecule has 11 N–H and O–H groups in total. The van der Waals surface area contributed by atoms with Crippen molar-refractivity contribution in [2.45, 2.75) is 140 Å². The van der Waals surface area contributed by atoms with Crippen LogP contribution >= 0.6 is 0 Å². The van der Waals surface area contributed by atoms with Crippen molar-refractivity contribution in [1.82, 2.24) is 58.1 Å². The van der Waals surface area contributed by atoms with Crippen LogP contribution in [0.1, 0.15) is 83.8 Å². The zero-order valence-electron chi connectivity index (χ0n) is 40.7. The lowest BCUT2D eigenvalue weighted by molar-refractivity contribution is -0.142. The van der Waals surface area contributed by atoms with Gasteiger partial charge < -0.3 is 57.9 Å². The van der Waals surface area contributed by atoms with E-state index in [1.165, 1.54) is 18.7 Å². The van der Waals surface area contributed by atoms with Crippen molar-refractivity contribution in [3.8, 4) is 0 Å². The highest BCUT2D eigenvalue weighted by molar-refractivity contribution is 5.98. The van der Waals surface area contributed by atoms with Gasteiger partial charge in [-0.3, -0.25) is 53.3 Å². The van der Waals surface area contributed by atoms with Gasteiger partial charge in [-0.1, -0.05) is 74.5 Å². The number of carbonyl (C=O) groups excluding carboxylic acids is 10. The maximum absolute atomic E-state index is 14.7. The molecular formula is C49H69N11O11. The number of rotatable bonds is 5. The van der Waals surface area contributed by atoms with Gasteiger partial charge in [0.15, 0.2) is 0 Å². The molecule has 5 rings (SSSR count). The van der Waals surface area contributed by atoms with Crippen molar-refractivity contribution in [3.05, 3.63) is 71.8 Å². The molecule has 0 radical (unpaired) electrons.